The SMILES string of the molecule is CCCCCCCCCCCCCCCCCCC1CN(CC)C(CCCCCCCCCCCCCCCCC)=[N+]1CC.CCOS(=O)(=O)[O-]. The summed E-state index contributed by atoms with van der Waals surface area (Å²) in [5.41, 5.74) is 0. The lowest BCUT2D eigenvalue weighted by atomic mass is 10.0. The average Bonchev–Trinajstić information content (AvgIpc) is 3.45. The third-order valence-electron chi connectivity index (χ3n) is 10.9. The molecule has 0 radical (unpaired) electrons. The van der Waals surface area contributed by atoms with Crippen LogP contribution in [-0.4, -0.2) is 60.6 Å². The number of hydrogen-bond donors (Lipinski definition) is 0. The van der Waals surface area contributed by atoms with Gasteiger partial charge in [-0.2, -0.15) is 0 Å². The van der Waals surface area contributed by atoms with E-state index < -0.39 is 10.4 Å². The molecule has 7 heteroatoms. The number of likely N-dealkylation sites (N-methyl/N-ethyl adjacent to an activating group) is 2. The molecule has 51 heavy (non-hydrogen) atoms. The molecule has 0 aliphatic carbocycles. The Morgan fingerprint density at radius 1 is 0.549 bits per heavy atom. The van der Waals surface area contributed by atoms with Crippen LogP contribution in [-0.2, 0) is 14.6 Å². The highest BCUT2D eigenvalue weighted by atomic mass is 32.3. The molecule has 0 fully saturated rings. The lowest BCUT2D eigenvalue weighted by molar-refractivity contribution is -0.554. The minimum atomic E-state index is -4.42. The van der Waals surface area contributed by atoms with E-state index in [1.165, 1.54) is 238 Å². The monoisotopic (exact) mass is 743 g/mol. The molecule has 0 amide bonds. The predicted molar refractivity (Wildman–Crippen MR) is 222 cm³/mol. The number of nitrogens with zero attached hydrogens (tertiary/aromatic N) is 2. The molecule has 0 saturated carbocycles. The van der Waals surface area contributed by atoms with Gasteiger partial charge in [0.25, 0.3) is 0 Å². The molecule has 306 valence electrons. The predicted octanol–water partition coefficient (Wildman–Crippen LogP) is 13.5. The Labute approximate surface area is 320 Å². The molecule has 1 heterocycles. The molecule has 6 nitrogen and oxygen atoms in total. The molecule has 0 bridgehead atoms. The van der Waals surface area contributed by atoms with Crippen molar-refractivity contribution in [3.05, 3.63) is 0 Å². The maximum Gasteiger partial charge on any atom is 0.247 e. The van der Waals surface area contributed by atoms with E-state index in [9.17, 15) is 13.0 Å². The zero-order valence-electron chi connectivity index (χ0n) is 35.2. The van der Waals surface area contributed by atoms with Crippen molar-refractivity contribution in [2.45, 2.75) is 253 Å². The van der Waals surface area contributed by atoms with Gasteiger partial charge < -0.3 is 4.55 Å². The van der Waals surface area contributed by atoms with Gasteiger partial charge in [-0.25, -0.2) is 8.42 Å². The lowest BCUT2D eigenvalue weighted by Crippen LogP contribution is -2.29. The van der Waals surface area contributed by atoms with Gasteiger partial charge in [0, 0.05) is 6.42 Å². The Morgan fingerprint density at radius 3 is 1.16 bits per heavy atom. The highest BCUT2D eigenvalue weighted by Gasteiger charge is 2.35. The van der Waals surface area contributed by atoms with E-state index in [4.69, 9.17) is 0 Å². The fraction of sp³-hybridized carbons (Fsp3) is 0.977. The van der Waals surface area contributed by atoms with Crippen LogP contribution in [0.25, 0.3) is 0 Å². The highest BCUT2D eigenvalue weighted by molar-refractivity contribution is 7.80. The first-order valence-corrected chi connectivity index (χ1v) is 24.1. The first kappa shape index (κ1) is 50.3. The first-order valence-electron chi connectivity index (χ1n) is 22.8. The van der Waals surface area contributed by atoms with Crippen molar-refractivity contribution in [3.63, 3.8) is 0 Å². The van der Waals surface area contributed by atoms with Crippen LogP contribution in [0, 0.1) is 0 Å². The smallest absolute Gasteiger partial charge is 0.247 e. The fourth-order valence-electron chi connectivity index (χ4n) is 7.88. The van der Waals surface area contributed by atoms with Crippen molar-refractivity contribution >= 4 is 16.2 Å². The molecule has 0 aromatic heterocycles. The molecule has 0 saturated heterocycles. The molecule has 1 aliphatic rings. The molecular weight excluding hydrogens is 653 g/mol. The molecule has 0 N–H and O–H groups in total. The van der Waals surface area contributed by atoms with Crippen molar-refractivity contribution in [1.82, 2.24) is 4.90 Å². The molecule has 0 aromatic carbocycles. The Hall–Kier alpha value is -0.660. The quantitative estimate of drug-likeness (QED) is 0.0274. The van der Waals surface area contributed by atoms with E-state index in [2.05, 4.69) is 41.4 Å². The van der Waals surface area contributed by atoms with E-state index >= 15 is 0 Å². The molecule has 1 aliphatic heterocycles. The topological polar surface area (TPSA) is 72.7 Å². The van der Waals surface area contributed by atoms with Crippen molar-refractivity contribution < 1.29 is 21.7 Å². The van der Waals surface area contributed by atoms with Gasteiger partial charge in [-0.1, -0.05) is 200 Å². The lowest BCUT2D eigenvalue weighted by Gasteiger charge is -2.11. The maximum atomic E-state index is 9.45. The molecule has 0 spiro atoms. The summed E-state index contributed by atoms with van der Waals surface area (Å²) in [6.07, 6.45) is 47.9. The van der Waals surface area contributed by atoms with Crippen molar-refractivity contribution in [2.75, 3.05) is 26.2 Å². The summed E-state index contributed by atoms with van der Waals surface area (Å²) in [7, 11) is -4.42. The van der Waals surface area contributed by atoms with Crippen LogP contribution in [0.3, 0.4) is 0 Å². The van der Waals surface area contributed by atoms with Gasteiger partial charge in [0.2, 0.25) is 16.2 Å². The van der Waals surface area contributed by atoms with Crippen LogP contribution in [0.2, 0.25) is 0 Å². The van der Waals surface area contributed by atoms with Crippen LogP contribution in [0.5, 0.6) is 0 Å². The minimum Gasteiger partial charge on any atom is -0.726 e. The van der Waals surface area contributed by atoms with E-state index in [0.717, 1.165) is 6.04 Å². The Morgan fingerprint density at radius 2 is 0.882 bits per heavy atom. The summed E-state index contributed by atoms with van der Waals surface area (Å²) in [5, 5.41) is 0. The van der Waals surface area contributed by atoms with Crippen LogP contribution >= 0.6 is 0 Å². The van der Waals surface area contributed by atoms with E-state index in [1.54, 1.807) is 5.84 Å². The second kappa shape index (κ2) is 37.6. The van der Waals surface area contributed by atoms with E-state index in [1.807, 2.05) is 0 Å². The summed E-state index contributed by atoms with van der Waals surface area (Å²) < 4.78 is 34.8. The molecule has 1 rings (SSSR count). The van der Waals surface area contributed by atoms with Crippen LogP contribution in [0.1, 0.15) is 247 Å². The highest BCUT2D eigenvalue weighted by Crippen LogP contribution is 2.21. The average molecular weight is 743 g/mol. The number of rotatable bonds is 37. The Bertz CT molecular complexity index is 863. The first-order chi connectivity index (χ1) is 24.8. The van der Waals surface area contributed by atoms with E-state index in [0.29, 0.717) is 0 Å². The second-order valence-corrected chi connectivity index (χ2v) is 16.6. The van der Waals surface area contributed by atoms with Gasteiger partial charge >= 0.3 is 0 Å². The van der Waals surface area contributed by atoms with Gasteiger partial charge in [0.05, 0.1) is 19.7 Å². The Balaban J connectivity index is 0.00000321. The van der Waals surface area contributed by atoms with Gasteiger partial charge in [0.1, 0.15) is 12.6 Å². The zero-order chi connectivity index (χ0) is 37.7. The minimum absolute atomic E-state index is 0.0914. The summed E-state index contributed by atoms with van der Waals surface area (Å²) in [5.74, 6) is 1.69. The maximum absolute atomic E-state index is 9.45. The molecule has 1 atom stereocenters. The summed E-state index contributed by atoms with van der Waals surface area (Å²) in [6, 6.07) is 0.776. The number of amidine groups is 1. The third-order valence-corrected chi connectivity index (χ3v) is 11.5. The van der Waals surface area contributed by atoms with Gasteiger partial charge in [-0.3, -0.25) is 13.7 Å². The van der Waals surface area contributed by atoms with Crippen molar-refractivity contribution in [1.29, 1.82) is 0 Å². The zero-order valence-corrected chi connectivity index (χ0v) is 36.0. The van der Waals surface area contributed by atoms with Crippen LogP contribution in [0.4, 0.5) is 0 Å². The summed E-state index contributed by atoms with van der Waals surface area (Å²) in [6.45, 7) is 14.4. The molecule has 0 aromatic rings. The van der Waals surface area contributed by atoms with Gasteiger partial charge in [-0.05, 0) is 40.0 Å². The van der Waals surface area contributed by atoms with Gasteiger partial charge in [0.15, 0.2) is 0 Å². The number of hydrogen-bond acceptors (Lipinski definition) is 5. The van der Waals surface area contributed by atoms with Crippen molar-refractivity contribution in [3.8, 4) is 0 Å². The standard InChI is InChI=1S/C42H85N2.C2H6O4S/c1-5-9-11-13-15-17-19-21-23-25-26-28-30-32-34-36-38-41-40-43(7-3)42(44(41)8-4)39-37-35-33-31-29-27-24-22-20-18-16-14-12-10-6-2;1-2-6-7(3,4)5/h41H,5-40H2,1-4H3;2H2,1H3,(H,3,4,5)/q+1;/p-1. The van der Waals surface area contributed by atoms with Crippen LogP contribution in [0.15, 0.2) is 0 Å². The second-order valence-electron chi connectivity index (χ2n) is 15.5. The molecule has 1 unspecified atom stereocenters. The summed E-state index contributed by atoms with van der Waals surface area (Å²) in [4.78, 5) is 2.73. The molecular formula is C44H90N2O4S. The third kappa shape index (κ3) is 32.5. The normalized spacial score (nSPS) is 14.8. The van der Waals surface area contributed by atoms with Crippen molar-refractivity contribution in [2.24, 2.45) is 0 Å². The van der Waals surface area contributed by atoms with Gasteiger partial charge in [-0.15, -0.1) is 0 Å². The number of unbranched alkanes of at least 4 members (excludes halogenated alkanes) is 29. The fourth-order valence-corrected chi connectivity index (χ4v) is 8.17. The van der Waals surface area contributed by atoms with Crippen LogP contribution < -0.4 is 0 Å². The summed E-state index contributed by atoms with van der Waals surface area (Å²) >= 11 is 0. The Kier molecular flexibility index (Phi) is 37.2. The largest absolute Gasteiger partial charge is 0.726 e. The van der Waals surface area contributed by atoms with E-state index in [-0.39, 0.29) is 6.61 Å².